The van der Waals surface area contributed by atoms with Gasteiger partial charge in [0.25, 0.3) is 0 Å². The van der Waals surface area contributed by atoms with E-state index in [1.54, 1.807) is 12.4 Å². The van der Waals surface area contributed by atoms with Crippen molar-refractivity contribution in [3.63, 3.8) is 0 Å². The van der Waals surface area contributed by atoms with Crippen LogP contribution in [0.3, 0.4) is 0 Å². The van der Waals surface area contributed by atoms with Crippen LogP contribution >= 0.6 is 0 Å². The molecule has 0 aliphatic heterocycles. The zero-order valence-corrected chi connectivity index (χ0v) is 11.7. The maximum atomic E-state index is 5.86. The fourth-order valence-corrected chi connectivity index (χ4v) is 1.53. The van der Waals surface area contributed by atoms with Crippen molar-refractivity contribution < 1.29 is 19.5 Å². The fraction of sp³-hybridized carbons (Fsp3) is 0.0833. The molecule has 0 radical (unpaired) electrons. The van der Waals surface area contributed by atoms with Crippen LogP contribution in [0.4, 0.5) is 5.69 Å². The van der Waals surface area contributed by atoms with Gasteiger partial charge in [-0.05, 0) is 24.1 Å². The molecular formula is C12H12N2Zn. The van der Waals surface area contributed by atoms with Gasteiger partial charge >= 0.3 is 0 Å². The Morgan fingerprint density at radius 2 is 1.80 bits per heavy atom. The minimum atomic E-state index is 0. The van der Waals surface area contributed by atoms with Crippen molar-refractivity contribution in [3.8, 4) is 11.1 Å². The molecule has 0 aliphatic rings. The van der Waals surface area contributed by atoms with Gasteiger partial charge in [-0.25, -0.2) is 0 Å². The zero-order chi connectivity index (χ0) is 9.97. The first kappa shape index (κ1) is 11.9. The molecule has 2 aromatic rings. The van der Waals surface area contributed by atoms with E-state index in [4.69, 9.17) is 5.73 Å². The van der Waals surface area contributed by atoms with Crippen LogP contribution in [0, 0.1) is 6.92 Å². The van der Waals surface area contributed by atoms with Crippen LogP contribution in [-0.2, 0) is 19.5 Å². The van der Waals surface area contributed by atoms with Crippen molar-refractivity contribution in [3.05, 3.63) is 48.3 Å². The number of nitrogens with two attached hydrogens (primary N) is 1. The molecule has 72 valence electrons. The molecule has 0 unspecified atom stereocenters. The van der Waals surface area contributed by atoms with Crippen molar-refractivity contribution in [2.75, 3.05) is 5.73 Å². The summed E-state index contributed by atoms with van der Waals surface area (Å²) in [7, 11) is 0. The Balaban J connectivity index is 0.00000112. The minimum absolute atomic E-state index is 0. The smallest absolute Gasteiger partial charge is 0.0580 e. The number of hydrogen-bond acceptors (Lipinski definition) is 2. The number of nitrogen functional groups attached to an aromatic ring is 1. The summed E-state index contributed by atoms with van der Waals surface area (Å²) in [6, 6.07) is 10.1. The Kier molecular flexibility index (Phi) is 3.99. The van der Waals surface area contributed by atoms with Crippen molar-refractivity contribution >= 4 is 5.69 Å². The number of hydrogen-bond donors (Lipinski definition) is 1. The fourth-order valence-electron chi connectivity index (χ4n) is 1.53. The Morgan fingerprint density at radius 1 is 1.07 bits per heavy atom. The molecule has 2 N–H and O–H groups in total. The average Bonchev–Trinajstić information content (AvgIpc) is 2.20. The Labute approximate surface area is 102 Å². The number of nitrogens with zero attached hydrogens (tertiary/aromatic N) is 1. The van der Waals surface area contributed by atoms with Gasteiger partial charge in [0, 0.05) is 31.2 Å². The van der Waals surface area contributed by atoms with Gasteiger partial charge < -0.3 is 5.73 Å². The van der Waals surface area contributed by atoms with E-state index in [1.165, 1.54) is 11.1 Å². The molecule has 0 spiro atoms. The van der Waals surface area contributed by atoms with Crippen molar-refractivity contribution in [1.29, 1.82) is 0 Å². The summed E-state index contributed by atoms with van der Waals surface area (Å²) in [4.78, 5) is 3.98. The van der Waals surface area contributed by atoms with Gasteiger partial charge in [-0.15, -0.1) is 0 Å². The van der Waals surface area contributed by atoms with Crippen molar-refractivity contribution in [2.45, 2.75) is 6.92 Å². The number of rotatable bonds is 1. The van der Waals surface area contributed by atoms with Gasteiger partial charge in [-0.2, -0.15) is 0 Å². The molecule has 0 saturated heterocycles. The van der Waals surface area contributed by atoms with E-state index >= 15 is 0 Å². The van der Waals surface area contributed by atoms with Crippen molar-refractivity contribution in [2.24, 2.45) is 0 Å². The molecular weight excluding hydrogens is 238 g/mol. The van der Waals surface area contributed by atoms with Gasteiger partial charge in [0.1, 0.15) is 0 Å². The quantitative estimate of drug-likeness (QED) is 0.789. The van der Waals surface area contributed by atoms with E-state index < -0.39 is 0 Å². The van der Waals surface area contributed by atoms with Crippen LogP contribution in [-0.4, -0.2) is 4.98 Å². The Morgan fingerprint density at radius 3 is 2.47 bits per heavy atom. The third-order valence-electron chi connectivity index (χ3n) is 2.29. The van der Waals surface area contributed by atoms with Gasteiger partial charge in [-0.3, -0.25) is 4.98 Å². The standard InChI is InChI=1S/C12H12N2.Zn/c1-9-4-2-3-5-10(9)11-6-7-14-8-12(11)13;/h2-8H,13H2,1H3;. The average molecular weight is 250 g/mol. The molecule has 2 rings (SSSR count). The molecule has 0 aliphatic carbocycles. The summed E-state index contributed by atoms with van der Waals surface area (Å²) in [6.45, 7) is 2.08. The summed E-state index contributed by atoms with van der Waals surface area (Å²) in [6.07, 6.45) is 3.44. The Hall–Kier alpha value is -1.21. The first-order valence-corrected chi connectivity index (χ1v) is 4.54. The normalized spacial score (nSPS) is 9.40. The molecule has 0 fully saturated rings. The van der Waals surface area contributed by atoms with Crippen LogP contribution in [0.1, 0.15) is 5.56 Å². The first-order valence-electron chi connectivity index (χ1n) is 4.54. The van der Waals surface area contributed by atoms with Crippen molar-refractivity contribution in [1.82, 2.24) is 4.98 Å². The summed E-state index contributed by atoms with van der Waals surface area (Å²) in [5.74, 6) is 0. The van der Waals surface area contributed by atoms with E-state index in [0.29, 0.717) is 0 Å². The van der Waals surface area contributed by atoms with Gasteiger partial charge in [0.2, 0.25) is 0 Å². The van der Waals surface area contributed by atoms with E-state index in [9.17, 15) is 0 Å². The molecule has 1 heterocycles. The topological polar surface area (TPSA) is 38.9 Å². The molecule has 1 aromatic carbocycles. The molecule has 2 nitrogen and oxygen atoms in total. The molecule has 0 atom stereocenters. The van der Waals surface area contributed by atoms with E-state index in [1.807, 2.05) is 18.2 Å². The summed E-state index contributed by atoms with van der Waals surface area (Å²) in [5.41, 5.74) is 10.0. The monoisotopic (exact) mass is 248 g/mol. The predicted octanol–water partition coefficient (Wildman–Crippen LogP) is 2.64. The largest absolute Gasteiger partial charge is 0.397 e. The van der Waals surface area contributed by atoms with Gasteiger partial charge in [-0.1, -0.05) is 24.3 Å². The zero-order valence-electron chi connectivity index (χ0n) is 8.77. The molecule has 1 aromatic heterocycles. The summed E-state index contributed by atoms with van der Waals surface area (Å²) < 4.78 is 0. The maximum absolute atomic E-state index is 5.86. The van der Waals surface area contributed by atoms with Gasteiger partial charge in [0.05, 0.1) is 11.9 Å². The Bertz CT molecular complexity index is 411. The number of aryl methyl sites for hydroxylation is 1. The summed E-state index contributed by atoms with van der Waals surface area (Å²) >= 11 is 0. The SMILES string of the molecule is Cc1ccccc1-c1ccncc1N.[Zn]. The maximum Gasteiger partial charge on any atom is 0.0580 e. The van der Waals surface area contributed by atoms with E-state index in [2.05, 4.69) is 24.0 Å². The molecule has 0 bridgehead atoms. The minimum Gasteiger partial charge on any atom is -0.397 e. The van der Waals surface area contributed by atoms with Crippen LogP contribution in [0.5, 0.6) is 0 Å². The summed E-state index contributed by atoms with van der Waals surface area (Å²) in [5, 5.41) is 0. The van der Waals surface area contributed by atoms with Crippen LogP contribution in [0.15, 0.2) is 42.7 Å². The molecule has 0 amide bonds. The van der Waals surface area contributed by atoms with E-state index in [-0.39, 0.29) is 19.5 Å². The first-order chi connectivity index (χ1) is 6.79. The predicted molar refractivity (Wildman–Crippen MR) is 58.8 cm³/mol. The number of aromatic nitrogens is 1. The number of benzene rings is 1. The third kappa shape index (κ3) is 2.42. The molecule has 15 heavy (non-hydrogen) atoms. The third-order valence-corrected chi connectivity index (χ3v) is 2.29. The number of anilines is 1. The van der Waals surface area contributed by atoms with Crippen LogP contribution < -0.4 is 5.73 Å². The molecule has 0 saturated carbocycles. The van der Waals surface area contributed by atoms with Crippen LogP contribution in [0.25, 0.3) is 11.1 Å². The van der Waals surface area contributed by atoms with E-state index in [0.717, 1.165) is 11.3 Å². The second-order valence-corrected chi connectivity index (χ2v) is 3.28. The van der Waals surface area contributed by atoms with Gasteiger partial charge in [0.15, 0.2) is 0 Å². The number of pyridine rings is 1. The second kappa shape index (κ2) is 5.04. The molecule has 3 heteroatoms. The van der Waals surface area contributed by atoms with Crippen LogP contribution in [0.2, 0.25) is 0 Å². The second-order valence-electron chi connectivity index (χ2n) is 3.28.